The number of fused-ring (bicyclic) bond motifs is 1. The van der Waals surface area contributed by atoms with Gasteiger partial charge in [-0.05, 0) is 57.4 Å². The Morgan fingerprint density at radius 2 is 1.92 bits per heavy atom. The molecule has 3 aliphatic rings. The van der Waals surface area contributed by atoms with Crippen LogP contribution < -0.4 is 4.90 Å². The van der Waals surface area contributed by atoms with Crippen LogP contribution in [-0.4, -0.2) is 26.1 Å². The maximum atomic E-state index is 5.06. The molecule has 5 nitrogen and oxygen atoms in total. The SMILES string of the molecule is Cn1c([C@H]2CCCN2c2ccnc(C3CC3)n2)nc2c1CCCC2. The van der Waals surface area contributed by atoms with Crippen molar-refractivity contribution in [3.8, 4) is 0 Å². The molecule has 0 amide bonds. The maximum Gasteiger partial charge on any atom is 0.133 e. The van der Waals surface area contributed by atoms with E-state index in [4.69, 9.17) is 9.97 Å². The second kappa shape index (κ2) is 5.57. The van der Waals surface area contributed by atoms with Gasteiger partial charge in [-0.15, -0.1) is 0 Å². The molecular weight excluding hydrogens is 298 g/mol. The van der Waals surface area contributed by atoms with E-state index in [1.54, 1.807) is 0 Å². The molecule has 0 radical (unpaired) electrons. The zero-order chi connectivity index (χ0) is 16.1. The van der Waals surface area contributed by atoms with Crippen molar-refractivity contribution in [1.29, 1.82) is 0 Å². The van der Waals surface area contributed by atoms with E-state index in [1.807, 2.05) is 6.20 Å². The molecule has 0 N–H and O–H groups in total. The number of nitrogens with zero attached hydrogens (tertiary/aromatic N) is 5. The van der Waals surface area contributed by atoms with Crippen LogP contribution in [0.15, 0.2) is 12.3 Å². The van der Waals surface area contributed by atoms with Crippen molar-refractivity contribution in [3.63, 3.8) is 0 Å². The van der Waals surface area contributed by atoms with Crippen LogP contribution in [0.5, 0.6) is 0 Å². The quantitative estimate of drug-likeness (QED) is 0.869. The fraction of sp³-hybridized carbons (Fsp3) is 0.632. The molecule has 0 bridgehead atoms. The van der Waals surface area contributed by atoms with E-state index in [0.717, 1.165) is 24.6 Å². The lowest BCUT2D eigenvalue weighted by Crippen LogP contribution is -2.26. The monoisotopic (exact) mass is 323 g/mol. The van der Waals surface area contributed by atoms with Gasteiger partial charge in [-0.25, -0.2) is 15.0 Å². The minimum Gasteiger partial charge on any atom is -0.346 e. The van der Waals surface area contributed by atoms with Gasteiger partial charge in [0, 0.05) is 31.4 Å². The van der Waals surface area contributed by atoms with E-state index in [2.05, 4.69) is 27.6 Å². The lowest BCUT2D eigenvalue weighted by atomic mass is 10.0. The van der Waals surface area contributed by atoms with E-state index in [0.29, 0.717) is 12.0 Å². The molecule has 3 heterocycles. The number of aromatic nitrogens is 4. The van der Waals surface area contributed by atoms with Gasteiger partial charge >= 0.3 is 0 Å². The lowest BCUT2D eigenvalue weighted by molar-refractivity contribution is 0.606. The highest BCUT2D eigenvalue weighted by atomic mass is 15.3. The Labute approximate surface area is 143 Å². The largest absolute Gasteiger partial charge is 0.346 e. The second-order valence-electron chi connectivity index (χ2n) is 7.53. The summed E-state index contributed by atoms with van der Waals surface area (Å²) >= 11 is 0. The Hall–Kier alpha value is -1.91. The Morgan fingerprint density at radius 1 is 1.04 bits per heavy atom. The minimum atomic E-state index is 0.363. The highest BCUT2D eigenvalue weighted by Gasteiger charge is 2.33. The number of rotatable bonds is 3. The van der Waals surface area contributed by atoms with Crippen molar-refractivity contribution in [2.24, 2.45) is 7.05 Å². The van der Waals surface area contributed by atoms with Crippen molar-refractivity contribution >= 4 is 5.82 Å². The van der Waals surface area contributed by atoms with Crippen molar-refractivity contribution in [1.82, 2.24) is 19.5 Å². The van der Waals surface area contributed by atoms with Gasteiger partial charge in [-0.2, -0.15) is 0 Å². The molecule has 2 fully saturated rings. The van der Waals surface area contributed by atoms with Gasteiger partial charge in [0.25, 0.3) is 0 Å². The molecule has 0 unspecified atom stereocenters. The molecule has 1 saturated heterocycles. The number of imidazole rings is 1. The molecule has 126 valence electrons. The smallest absolute Gasteiger partial charge is 0.133 e. The summed E-state index contributed by atoms with van der Waals surface area (Å²) in [7, 11) is 2.21. The van der Waals surface area contributed by atoms with Gasteiger partial charge in [0.15, 0.2) is 0 Å². The van der Waals surface area contributed by atoms with Crippen molar-refractivity contribution in [2.45, 2.75) is 63.3 Å². The van der Waals surface area contributed by atoms with Crippen molar-refractivity contribution in [2.75, 3.05) is 11.4 Å². The van der Waals surface area contributed by atoms with Gasteiger partial charge in [-0.1, -0.05) is 0 Å². The Bertz CT molecular complexity index is 761. The minimum absolute atomic E-state index is 0.363. The number of aryl methyl sites for hydroxylation is 1. The highest BCUT2D eigenvalue weighted by molar-refractivity contribution is 5.43. The normalized spacial score (nSPS) is 23.5. The summed E-state index contributed by atoms with van der Waals surface area (Å²) in [6.45, 7) is 1.07. The molecule has 24 heavy (non-hydrogen) atoms. The van der Waals surface area contributed by atoms with Gasteiger partial charge in [0.1, 0.15) is 17.5 Å². The van der Waals surface area contributed by atoms with Crippen LogP contribution >= 0.6 is 0 Å². The first-order valence-electron chi connectivity index (χ1n) is 9.45. The van der Waals surface area contributed by atoms with E-state index < -0.39 is 0 Å². The Kier molecular flexibility index (Phi) is 3.35. The number of hydrogen-bond donors (Lipinski definition) is 0. The zero-order valence-electron chi connectivity index (χ0n) is 14.4. The summed E-state index contributed by atoms with van der Waals surface area (Å²) in [6, 6.07) is 2.44. The van der Waals surface area contributed by atoms with Gasteiger partial charge in [0.2, 0.25) is 0 Å². The fourth-order valence-corrected chi connectivity index (χ4v) is 4.38. The fourth-order valence-electron chi connectivity index (χ4n) is 4.38. The molecule has 2 aromatic heterocycles. The highest BCUT2D eigenvalue weighted by Crippen LogP contribution is 2.40. The molecule has 1 aliphatic heterocycles. The van der Waals surface area contributed by atoms with Crippen molar-refractivity contribution in [3.05, 3.63) is 35.3 Å². The zero-order valence-corrected chi connectivity index (χ0v) is 14.4. The Balaban J connectivity index is 1.49. The average Bonchev–Trinajstić information content (AvgIpc) is 3.27. The average molecular weight is 323 g/mol. The first-order valence-corrected chi connectivity index (χ1v) is 9.45. The molecule has 2 aromatic rings. The van der Waals surface area contributed by atoms with Crippen LogP contribution in [0.25, 0.3) is 0 Å². The molecular formula is C19H25N5. The third-order valence-electron chi connectivity index (χ3n) is 5.86. The van der Waals surface area contributed by atoms with Gasteiger partial charge < -0.3 is 9.47 Å². The van der Waals surface area contributed by atoms with E-state index >= 15 is 0 Å². The third kappa shape index (κ3) is 2.33. The summed E-state index contributed by atoms with van der Waals surface area (Å²) in [6.07, 6.45) is 11.7. The predicted molar refractivity (Wildman–Crippen MR) is 93.2 cm³/mol. The second-order valence-corrected chi connectivity index (χ2v) is 7.53. The Morgan fingerprint density at radius 3 is 2.75 bits per heavy atom. The molecule has 5 heteroatoms. The van der Waals surface area contributed by atoms with Crippen LogP contribution in [-0.2, 0) is 19.9 Å². The standard InChI is InChI=1S/C19H25N5/c1-23-15-6-3-2-5-14(15)21-19(23)16-7-4-12-24(16)17-10-11-20-18(22-17)13-8-9-13/h10-11,13,16H,2-9,12H2,1H3/t16-/m1/s1. The summed E-state index contributed by atoms with van der Waals surface area (Å²) in [5, 5.41) is 0. The van der Waals surface area contributed by atoms with Crippen LogP contribution in [0.2, 0.25) is 0 Å². The third-order valence-corrected chi connectivity index (χ3v) is 5.86. The van der Waals surface area contributed by atoms with Crippen LogP contribution in [0, 0.1) is 0 Å². The number of hydrogen-bond acceptors (Lipinski definition) is 4. The van der Waals surface area contributed by atoms with Gasteiger partial charge in [0.05, 0.1) is 11.7 Å². The first-order chi connectivity index (χ1) is 11.8. The summed E-state index contributed by atoms with van der Waals surface area (Å²) in [5.74, 6) is 3.98. The van der Waals surface area contributed by atoms with Gasteiger partial charge in [-0.3, -0.25) is 0 Å². The molecule has 5 rings (SSSR count). The molecule has 1 atom stereocenters. The number of anilines is 1. The van der Waals surface area contributed by atoms with E-state index in [1.165, 1.54) is 62.2 Å². The van der Waals surface area contributed by atoms with E-state index in [9.17, 15) is 0 Å². The van der Waals surface area contributed by atoms with Crippen LogP contribution in [0.4, 0.5) is 5.82 Å². The van der Waals surface area contributed by atoms with E-state index in [-0.39, 0.29) is 0 Å². The molecule has 0 spiro atoms. The lowest BCUT2D eigenvalue weighted by Gasteiger charge is -2.25. The summed E-state index contributed by atoms with van der Waals surface area (Å²) < 4.78 is 2.38. The predicted octanol–water partition coefficient (Wildman–Crippen LogP) is 3.31. The van der Waals surface area contributed by atoms with Crippen LogP contribution in [0.3, 0.4) is 0 Å². The molecule has 0 aromatic carbocycles. The first kappa shape index (κ1) is 14.4. The summed E-state index contributed by atoms with van der Waals surface area (Å²) in [5.41, 5.74) is 2.80. The van der Waals surface area contributed by atoms with Crippen LogP contribution in [0.1, 0.15) is 73.5 Å². The topological polar surface area (TPSA) is 46.8 Å². The maximum absolute atomic E-state index is 5.06. The molecule has 2 aliphatic carbocycles. The van der Waals surface area contributed by atoms with Crippen molar-refractivity contribution < 1.29 is 0 Å². The summed E-state index contributed by atoms with van der Waals surface area (Å²) in [4.78, 5) is 16.9. The molecule has 1 saturated carbocycles.